The zero-order valence-corrected chi connectivity index (χ0v) is 19.4. The van der Waals surface area contributed by atoms with Crippen molar-refractivity contribution >= 4 is 23.3 Å². The van der Waals surface area contributed by atoms with Crippen molar-refractivity contribution in [2.75, 3.05) is 10.6 Å². The number of anilines is 2. The standard InChI is InChI=1S/C29H27N3O3/c1-21-11-10-14-23(19-21)30-29(34)32-26(20-22-12-4-2-5-13-22)28(33)31-25-17-8-9-18-27(25)35-24-15-6-3-7-16-24/h2-19,26H,20H2,1H3,(H,31,33)(H2,30,32,34). The summed E-state index contributed by atoms with van der Waals surface area (Å²) in [4.78, 5) is 26.1. The summed E-state index contributed by atoms with van der Waals surface area (Å²) in [5.74, 6) is 0.817. The second kappa shape index (κ2) is 11.5. The van der Waals surface area contributed by atoms with Gasteiger partial charge in [-0.15, -0.1) is 0 Å². The first-order valence-electron chi connectivity index (χ1n) is 11.4. The maximum absolute atomic E-state index is 13.4. The molecule has 0 heterocycles. The predicted molar refractivity (Wildman–Crippen MR) is 139 cm³/mol. The molecule has 0 aliphatic carbocycles. The van der Waals surface area contributed by atoms with Crippen LogP contribution in [0, 0.1) is 6.92 Å². The molecule has 3 amide bonds. The van der Waals surface area contributed by atoms with E-state index < -0.39 is 12.1 Å². The van der Waals surface area contributed by atoms with Gasteiger partial charge < -0.3 is 20.7 Å². The van der Waals surface area contributed by atoms with Crippen LogP contribution < -0.4 is 20.7 Å². The molecule has 4 aromatic carbocycles. The molecule has 4 aromatic rings. The van der Waals surface area contributed by atoms with Gasteiger partial charge >= 0.3 is 6.03 Å². The van der Waals surface area contributed by atoms with E-state index in [1.54, 1.807) is 18.2 Å². The molecule has 0 fully saturated rings. The van der Waals surface area contributed by atoms with E-state index in [2.05, 4.69) is 16.0 Å². The fourth-order valence-corrected chi connectivity index (χ4v) is 3.60. The van der Waals surface area contributed by atoms with Crippen molar-refractivity contribution in [3.8, 4) is 11.5 Å². The number of carbonyl (C=O) groups is 2. The quantitative estimate of drug-likeness (QED) is 0.292. The molecule has 1 atom stereocenters. The summed E-state index contributed by atoms with van der Waals surface area (Å²) in [5.41, 5.74) is 3.12. The Morgan fingerprint density at radius 3 is 2.20 bits per heavy atom. The molecule has 35 heavy (non-hydrogen) atoms. The average Bonchev–Trinajstić information content (AvgIpc) is 2.86. The van der Waals surface area contributed by atoms with E-state index in [1.165, 1.54) is 0 Å². The number of hydrogen-bond donors (Lipinski definition) is 3. The Labute approximate surface area is 205 Å². The van der Waals surface area contributed by atoms with Crippen LogP contribution in [0.25, 0.3) is 0 Å². The Morgan fingerprint density at radius 2 is 1.46 bits per heavy atom. The van der Waals surface area contributed by atoms with Gasteiger partial charge in [-0.1, -0.05) is 72.8 Å². The molecule has 0 saturated carbocycles. The summed E-state index contributed by atoms with van der Waals surface area (Å²) in [6, 6.07) is 32.3. The summed E-state index contributed by atoms with van der Waals surface area (Å²) in [7, 11) is 0. The van der Waals surface area contributed by atoms with Crippen LogP contribution in [0.2, 0.25) is 0 Å². The molecule has 3 N–H and O–H groups in total. The molecule has 1 unspecified atom stereocenters. The van der Waals surface area contributed by atoms with Crippen molar-refractivity contribution < 1.29 is 14.3 Å². The Balaban J connectivity index is 1.51. The normalized spacial score (nSPS) is 11.2. The van der Waals surface area contributed by atoms with Gasteiger partial charge in [0.15, 0.2) is 5.75 Å². The number of hydrogen-bond acceptors (Lipinski definition) is 3. The van der Waals surface area contributed by atoms with Crippen LogP contribution in [-0.4, -0.2) is 18.0 Å². The third kappa shape index (κ3) is 6.95. The lowest BCUT2D eigenvalue weighted by Gasteiger charge is -2.20. The first-order valence-corrected chi connectivity index (χ1v) is 11.4. The maximum atomic E-state index is 13.4. The first-order chi connectivity index (χ1) is 17.1. The zero-order chi connectivity index (χ0) is 24.5. The first kappa shape index (κ1) is 23.6. The third-order valence-corrected chi connectivity index (χ3v) is 5.30. The summed E-state index contributed by atoms with van der Waals surface area (Å²) in [6.07, 6.45) is 0.329. The van der Waals surface area contributed by atoms with Crippen molar-refractivity contribution in [2.45, 2.75) is 19.4 Å². The lowest BCUT2D eigenvalue weighted by Crippen LogP contribution is -2.47. The number of para-hydroxylation sites is 3. The smallest absolute Gasteiger partial charge is 0.319 e. The third-order valence-electron chi connectivity index (χ3n) is 5.30. The molecule has 0 spiro atoms. The maximum Gasteiger partial charge on any atom is 0.319 e. The lowest BCUT2D eigenvalue weighted by atomic mass is 10.1. The van der Waals surface area contributed by atoms with Crippen molar-refractivity contribution in [2.24, 2.45) is 0 Å². The molecule has 0 aliphatic rings. The minimum Gasteiger partial charge on any atom is -0.455 e. The highest BCUT2D eigenvalue weighted by Gasteiger charge is 2.23. The lowest BCUT2D eigenvalue weighted by molar-refractivity contribution is -0.117. The van der Waals surface area contributed by atoms with Crippen LogP contribution in [0.1, 0.15) is 11.1 Å². The minimum absolute atomic E-state index is 0.329. The van der Waals surface area contributed by atoms with Gasteiger partial charge in [0.1, 0.15) is 11.8 Å². The monoisotopic (exact) mass is 465 g/mol. The Morgan fingerprint density at radius 1 is 0.771 bits per heavy atom. The topological polar surface area (TPSA) is 79.5 Å². The van der Waals surface area contributed by atoms with Crippen LogP contribution in [0.15, 0.2) is 109 Å². The largest absolute Gasteiger partial charge is 0.455 e. The van der Waals surface area contributed by atoms with E-state index in [9.17, 15) is 9.59 Å². The molecule has 176 valence electrons. The summed E-state index contributed by atoms with van der Waals surface area (Å²) in [5, 5.41) is 8.55. The fraction of sp³-hybridized carbons (Fsp3) is 0.103. The highest BCUT2D eigenvalue weighted by atomic mass is 16.5. The second-order valence-corrected chi connectivity index (χ2v) is 8.11. The van der Waals surface area contributed by atoms with Crippen LogP contribution in [0.4, 0.5) is 16.2 Å². The number of ether oxygens (including phenoxy) is 1. The molecule has 0 aromatic heterocycles. The van der Waals surface area contributed by atoms with Crippen LogP contribution >= 0.6 is 0 Å². The number of benzene rings is 4. The molecular weight excluding hydrogens is 438 g/mol. The van der Waals surface area contributed by atoms with Gasteiger partial charge in [-0.25, -0.2) is 4.79 Å². The van der Waals surface area contributed by atoms with Crippen LogP contribution in [0.3, 0.4) is 0 Å². The van der Waals surface area contributed by atoms with Gasteiger partial charge in [-0.05, 0) is 54.4 Å². The second-order valence-electron chi connectivity index (χ2n) is 8.11. The van der Waals surface area contributed by atoms with E-state index in [1.807, 2.05) is 97.9 Å². The number of amides is 3. The van der Waals surface area contributed by atoms with Gasteiger partial charge in [0, 0.05) is 12.1 Å². The van der Waals surface area contributed by atoms with Gasteiger partial charge in [-0.2, -0.15) is 0 Å². The van der Waals surface area contributed by atoms with Crippen LogP contribution in [0.5, 0.6) is 11.5 Å². The Hall–Kier alpha value is -4.58. The number of nitrogens with one attached hydrogen (secondary N) is 3. The average molecular weight is 466 g/mol. The van der Waals surface area contributed by atoms with Gasteiger partial charge in [0.2, 0.25) is 5.91 Å². The number of carbonyl (C=O) groups excluding carboxylic acids is 2. The Bertz CT molecular complexity index is 1280. The highest BCUT2D eigenvalue weighted by Crippen LogP contribution is 2.29. The molecular formula is C29H27N3O3. The number of urea groups is 1. The van der Waals surface area contributed by atoms with E-state index in [0.717, 1.165) is 11.1 Å². The van der Waals surface area contributed by atoms with E-state index >= 15 is 0 Å². The SMILES string of the molecule is Cc1cccc(NC(=O)NC(Cc2ccccc2)C(=O)Nc2ccccc2Oc2ccccc2)c1. The molecule has 0 radical (unpaired) electrons. The van der Waals surface area contributed by atoms with Crippen molar-refractivity contribution in [1.82, 2.24) is 5.32 Å². The minimum atomic E-state index is -0.813. The van der Waals surface area contributed by atoms with Crippen molar-refractivity contribution in [3.05, 3.63) is 120 Å². The fourth-order valence-electron chi connectivity index (χ4n) is 3.60. The Kier molecular flexibility index (Phi) is 7.76. The summed E-state index contributed by atoms with van der Waals surface area (Å²) in [6.45, 7) is 1.95. The molecule has 0 bridgehead atoms. The van der Waals surface area contributed by atoms with Crippen LogP contribution in [-0.2, 0) is 11.2 Å². The van der Waals surface area contributed by atoms with E-state index in [-0.39, 0.29) is 5.91 Å². The number of rotatable bonds is 8. The zero-order valence-electron chi connectivity index (χ0n) is 19.4. The van der Waals surface area contributed by atoms with E-state index in [4.69, 9.17) is 4.74 Å². The summed E-state index contributed by atoms with van der Waals surface area (Å²) < 4.78 is 5.97. The predicted octanol–water partition coefficient (Wildman–Crippen LogP) is 6.16. The van der Waals surface area contributed by atoms with Gasteiger partial charge in [0.25, 0.3) is 0 Å². The van der Waals surface area contributed by atoms with E-state index in [0.29, 0.717) is 29.3 Å². The molecule has 6 heteroatoms. The highest BCUT2D eigenvalue weighted by molar-refractivity contribution is 6.00. The molecule has 4 rings (SSSR count). The number of aryl methyl sites for hydroxylation is 1. The molecule has 6 nitrogen and oxygen atoms in total. The molecule has 0 saturated heterocycles. The summed E-state index contributed by atoms with van der Waals surface area (Å²) >= 11 is 0. The molecule has 0 aliphatic heterocycles. The van der Waals surface area contributed by atoms with Gasteiger partial charge in [0.05, 0.1) is 5.69 Å². The van der Waals surface area contributed by atoms with Crippen molar-refractivity contribution in [1.29, 1.82) is 0 Å². The van der Waals surface area contributed by atoms with Gasteiger partial charge in [-0.3, -0.25) is 4.79 Å². The van der Waals surface area contributed by atoms with Crippen molar-refractivity contribution in [3.63, 3.8) is 0 Å².